The SMILES string of the molecule is CCC(=O)NNC1CCCC1. The Morgan fingerprint density at radius 3 is 2.64 bits per heavy atom. The molecule has 1 amide bonds. The second-order valence-electron chi connectivity index (χ2n) is 3.03. The zero-order valence-corrected chi connectivity index (χ0v) is 7.02. The van der Waals surface area contributed by atoms with Gasteiger partial charge in [0.15, 0.2) is 0 Å². The standard InChI is InChI=1S/C8H16N2O/c1-2-8(11)10-9-7-5-3-4-6-7/h7,9H,2-6H2,1H3,(H,10,11). The number of amides is 1. The average molecular weight is 156 g/mol. The van der Waals surface area contributed by atoms with Crippen LogP contribution in [0.15, 0.2) is 0 Å². The first-order chi connectivity index (χ1) is 5.33. The van der Waals surface area contributed by atoms with Gasteiger partial charge in [-0.1, -0.05) is 19.8 Å². The van der Waals surface area contributed by atoms with Gasteiger partial charge < -0.3 is 0 Å². The van der Waals surface area contributed by atoms with Crippen molar-refractivity contribution >= 4 is 5.91 Å². The zero-order chi connectivity index (χ0) is 8.10. The smallest absolute Gasteiger partial charge is 0.233 e. The maximum atomic E-state index is 10.8. The molecule has 1 aliphatic carbocycles. The van der Waals surface area contributed by atoms with Gasteiger partial charge >= 0.3 is 0 Å². The van der Waals surface area contributed by atoms with Crippen LogP contribution in [0.25, 0.3) is 0 Å². The zero-order valence-electron chi connectivity index (χ0n) is 7.02. The minimum Gasteiger partial charge on any atom is -0.291 e. The Bertz CT molecular complexity index is 130. The molecule has 0 aromatic rings. The van der Waals surface area contributed by atoms with Crippen LogP contribution in [0.5, 0.6) is 0 Å². The van der Waals surface area contributed by atoms with E-state index in [1.165, 1.54) is 25.7 Å². The van der Waals surface area contributed by atoms with Gasteiger partial charge in [-0.15, -0.1) is 0 Å². The van der Waals surface area contributed by atoms with Crippen LogP contribution in [0, 0.1) is 0 Å². The number of carbonyl (C=O) groups is 1. The summed E-state index contributed by atoms with van der Waals surface area (Å²) >= 11 is 0. The Hall–Kier alpha value is -0.570. The number of nitrogens with one attached hydrogen (secondary N) is 2. The van der Waals surface area contributed by atoms with E-state index in [0.29, 0.717) is 12.5 Å². The lowest BCUT2D eigenvalue weighted by atomic mass is 10.3. The number of rotatable bonds is 3. The first-order valence-corrected chi connectivity index (χ1v) is 4.37. The molecule has 64 valence electrons. The molecule has 3 nitrogen and oxygen atoms in total. The van der Waals surface area contributed by atoms with Gasteiger partial charge in [0.2, 0.25) is 5.91 Å². The monoisotopic (exact) mass is 156 g/mol. The van der Waals surface area contributed by atoms with Gasteiger partial charge in [-0.05, 0) is 12.8 Å². The predicted octanol–water partition coefficient (Wildman–Crippen LogP) is 0.960. The molecule has 0 aromatic heterocycles. The minimum atomic E-state index is 0.0805. The number of hydrogen-bond donors (Lipinski definition) is 2. The number of hydrazine groups is 1. The van der Waals surface area contributed by atoms with Crippen molar-refractivity contribution in [1.82, 2.24) is 10.9 Å². The fourth-order valence-corrected chi connectivity index (χ4v) is 1.34. The van der Waals surface area contributed by atoms with Crippen LogP contribution in [0.4, 0.5) is 0 Å². The quantitative estimate of drug-likeness (QED) is 0.597. The van der Waals surface area contributed by atoms with Gasteiger partial charge in [0.05, 0.1) is 0 Å². The Labute approximate surface area is 67.5 Å². The van der Waals surface area contributed by atoms with E-state index in [9.17, 15) is 4.79 Å². The van der Waals surface area contributed by atoms with Crippen LogP contribution in [0.3, 0.4) is 0 Å². The lowest BCUT2D eigenvalue weighted by Gasteiger charge is -2.11. The highest BCUT2D eigenvalue weighted by molar-refractivity contribution is 5.74. The topological polar surface area (TPSA) is 41.1 Å². The van der Waals surface area contributed by atoms with Gasteiger partial charge in [-0.3, -0.25) is 10.2 Å². The molecule has 0 spiro atoms. The van der Waals surface area contributed by atoms with E-state index in [-0.39, 0.29) is 5.91 Å². The predicted molar refractivity (Wildman–Crippen MR) is 43.8 cm³/mol. The molecule has 1 rings (SSSR count). The third-order valence-electron chi connectivity index (χ3n) is 2.09. The van der Waals surface area contributed by atoms with E-state index in [2.05, 4.69) is 10.9 Å². The minimum absolute atomic E-state index is 0.0805. The molecule has 0 aliphatic heterocycles. The third-order valence-corrected chi connectivity index (χ3v) is 2.09. The second kappa shape index (κ2) is 4.34. The molecule has 11 heavy (non-hydrogen) atoms. The largest absolute Gasteiger partial charge is 0.291 e. The molecule has 1 saturated carbocycles. The van der Waals surface area contributed by atoms with E-state index >= 15 is 0 Å². The van der Waals surface area contributed by atoms with Gasteiger partial charge in [0.1, 0.15) is 0 Å². The van der Waals surface area contributed by atoms with E-state index in [4.69, 9.17) is 0 Å². The van der Waals surface area contributed by atoms with Crippen molar-refractivity contribution < 1.29 is 4.79 Å². The van der Waals surface area contributed by atoms with Crippen LogP contribution in [-0.4, -0.2) is 11.9 Å². The second-order valence-corrected chi connectivity index (χ2v) is 3.03. The van der Waals surface area contributed by atoms with Crippen LogP contribution in [-0.2, 0) is 4.79 Å². The van der Waals surface area contributed by atoms with Crippen LogP contribution in [0.1, 0.15) is 39.0 Å². The molecule has 0 aromatic carbocycles. The molecule has 0 saturated heterocycles. The molecule has 0 heterocycles. The highest BCUT2D eigenvalue weighted by atomic mass is 16.2. The maximum Gasteiger partial charge on any atom is 0.233 e. The lowest BCUT2D eigenvalue weighted by molar-refractivity contribution is -0.122. The molecule has 1 aliphatic rings. The summed E-state index contributed by atoms with van der Waals surface area (Å²) in [5.41, 5.74) is 5.72. The summed E-state index contributed by atoms with van der Waals surface area (Å²) in [4.78, 5) is 10.8. The van der Waals surface area contributed by atoms with Crippen molar-refractivity contribution in [3.05, 3.63) is 0 Å². The van der Waals surface area contributed by atoms with Crippen LogP contribution < -0.4 is 10.9 Å². The third kappa shape index (κ3) is 2.89. The maximum absolute atomic E-state index is 10.8. The Kier molecular flexibility index (Phi) is 3.36. The molecule has 3 heteroatoms. The Morgan fingerprint density at radius 1 is 1.45 bits per heavy atom. The molecular formula is C8H16N2O. The average Bonchev–Trinajstić information content (AvgIpc) is 2.52. The van der Waals surface area contributed by atoms with Gasteiger partial charge in [0, 0.05) is 12.5 Å². The summed E-state index contributed by atoms with van der Waals surface area (Å²) in [6, 6.07) is 0.519. The van der Waals surface area contributed by atoms with Crippen LogP contribution in [0.2, 0.25) is 0 Å². The molecule has 0 atom stereocenters. The molecule has 2 N–H and O–H groups in total. The van der Waals surface area contributed by atoms with Crippen molar-refractivity contribution in [2.75, 3.05) is 0 Å². The van der Waals surface area contributed by atoms with Crippen molar-refractivity contribution in [2.45, 2.75) is 45.1 Å². The fraction of sp³-hybridized carbons (Fsp3) is 0.875. The molecule has 0 bridgehead atoms. The highest BCUT2D eigenvalue weighted by Crippen LogP contribution is 2.16. The first-order valence-electron chi connectivity index (χ1n) is 4.37. The van der Waals surface area contributed by atoms with E-state index in [1.807, 2.05) is 6.92 Å². The summed E-state index contributed by atoms with van der Waals surface area (Å²) in [6.45, 7) is 1.85. The van der Waals surface area contributed by atoms with Crippen molar-refractivity contribution in [2.24, 2.45) is 0 Å². The fourth-order valence-electron chi connectivity index (χ4n) is 1.34. The van der Waals surface area contributed by atoms with Gasteiger partial charge in [-0.25, -0.2) is 5.43 Å². The van der Waals surface area contributed by atoms with Gasteiger partial charge in [-0.2, -0.15) is 0 Å². The Balaban J connectivity index is 2.06. The van der Waals surface area contributed by atoms with E-state index in [1.54, 1.807) is 0 Å². The van der Waals surface area contributed by atoms with Crippen LogP contribution >= 0.6 is 0 Å². The highest BCUT2D eigenvalue weighted by Gasteiger charge is 2.14. The van der Waals surface area contributed by atoms with Crippen molar-refractivity contribution in [1.29, 1.82) is 0 Å². The van der Waals surface area contributed by atoms with E-state index < -0.39 is 0 Å². The molecular weight excluding hydrogens is 140 g/mol. The number of carbonyl (C=O) groups excluding carboxylic acids is 1. The molecule has 0 radical (unpaired) electrons. The Morgan fingerprint density at radius 2 is 2.09 bits per heavy atom. The normalized spacial score (nSPS) is 18.6. The first kappa shape index (κ1) is 8.53. The summed E-state index contributed by atoms with van der Waals surface area (Å²) in [5, 5.41) is 0. The molecule has 1 fully saturated rings. The molecule has 0 unspecified atom stereocenters. The lowest BCUT2D eigenvalue weighted by Crippen LogP contribution is -2.42. The van der Waals surface area contributed by atoms with Crippen molar-refractivity contribution in [3.63, 3.8) is 0 Å². The number of hydrogen-bond acceptors (Lipinski definition) is 2. The summed E-state index contributed by atoms with van der Waals surface area (Å²) in [6.07, 6.45) is 5.53. The van der Waals surface area contributed by atoms with E-state index in [0.717, 1.165) is 0 Å². The van der Waals surface area contributed by atoms with Gasteiger partial charge in [0.25, 0.3) is 0 Å². The summed E-state index contributed by atoms with van der Waals surface area (Å²) in [5.74, 6) is 0.0805. The summed E-state index contributed by atoms with van der Waals surface area (Å²) in [7, 11) is 0. The summed E-state index contributed by atoms with van der Waals surface area (Å²) < 4.78 is 0. The van der Waals surface area contributed by atoms with Crippen molar-refractivity contribution in [3.8, 4) is 0 Å².